The van der Waals surface area contributed by atoms with Crippen LogP contribution in [0.3, 0.4) is 0 Å². The predicted octanol–water partition coefficient (Wildman–Crippen LogP) is 4.23. The summed E-state index contributed by atoms with van der Waals surface area (Å²) in [6.07, 6.45) is 1.98. The lowest BCUT2D eigenvalue weighted by Crippen LogP contribution is -2.04. The highest BCUT2D eigenvalue weighted by molar-refractivity contribution is 7.98. The fourth-order valence-corrected chi connectivity index (χ4v) is 2.66. The number of rotatable bonds is 5. The van der Waals surface area contributed by atoms with Gasteiger partial charge in [-0.05, 0) is 17.7 Å². The number of thioether (sulfide) groups is 1. The van der Waals surface area contributed by atoms with Crippen molar-refractivity contribution in [2.75, 3.05) is 11.6 Å². The van der Waals surface area contributed by atoms with E-state index in [2.05, 4.69) is 51.5 Å². The van der Waals surface area contributed by atoms with Crippen molar-refractivity contribution in [1.29, 1.82) is 0 Å². The molecule has 0 radical (unpaired) electrons. The van der Waals surface area contributed by atoms with Gasteiger partial charge in [-0.25, -0.2) is 9.97 Å². The van der Waals surface area contributed by atoms with Crippen LogP contribution in [0.25, 0.3) is 11.0 Å². The summed E-state index contributed by atoms with van der Waals surface area (Å²) in [4.78, 5) is 9.17. The molecule has 0 amide bonds. The van der Waals surface area contributed by atoms with Crippen LogP contribution in [0.2, 0.25) is 0 Å². The molecule has 1 aromatic carbocycles. The van der Waals surface area contributed by atoms with Crippen molar-refractivity contribution in [3.63, 3.8) is 0 Å². The van der Waals surface area contributed by atoms with E-state index in [4.69, 9.17) is 0 Å². The van der Waals surface area contributed by atoms with Gasteiger partial charge in [0.1, 0.15) is 5.52 Å². The molecule has 5 nitrogen and oxygen atoms in total. The summed E-state index contributed by atoms with van der Waals surface area (Å²) in [5.41, 5.74) is 3.97. The van der Waals surface area contributed by atoms with Gasteiger partial charge >= 0.3 is 0 Å². The van der Waals surface area contributed by atoms with E-state index >= 15 is 0 Å². The van der Waals surface area contributed by atoms with Gasteiger partial charge in [0.05, 0.1) is 5.69 Å². The summed E-state index contributed by atoms with van der Waals surface area (Å²) >= 11 is 1.54. The van der Waals surface area contributed by atoms with Crippen LogP contribution in [0, 0.1) is 0 Å². The zero-order valence-corrected chi connectivity index (χ0v) is 15.0. The third-order valence-electron chi connectivity index (χ3n) is 3.47. The first-order valence-corrected chi connectivity index (χ1v) is 8.49. The van der Waals surface area contributed by atoms with Crippen molar-refractivity contribution in [2.45, 2.75) is 31.5 Å². The second-order valence-electron chi connectivity index (χ2n) is 5.39. The minimum atomic E-state index is 0. The summed E-state index contributed by atoms with van der Waals surface area (Å²) in [6.45, 7) is 4.97. The molecule has 3 aromatic rings. The quantitative estimate of drug-likeness (QED) is 0.533. The van der Waals surface area contributed by atoms with E-state index < -0.39 is 0 Å². The highest BCUT2D eigenvalue weighted by atomic mass is 35.5. The van der Waals surface area contributed by atoms with Gasteiger partial charge in [0.25, 0.3) is 0 Å². The highest BCUT2D eigenvalue weighted by Gasteiger charge is 2.16. The first-order valence-electron chi connectivity index (χ1n) is 7.27. The fourth-order valence-electron chi connectivity index (χ4n) is 2.30. The first-order chi connectivity index (χ1) is 10.7. The van der Waals surface area contributed by atoms with E-state index in [-0.39, 0.29) is 12.4 Å². The van der Waals surface area contributed by atoms with Crippen molar-refractivity contribution in [2.24, 2.45) is 0 Å². The Balaban J connectivity index is 0.00000192. The lowest BCUT2D eigenvalue weighted by molar-refractivity contribution is 0.814. The van der Waals surface area contributed by atoms with Gasteiger partial charge in [-0.3, -0.25) is 5.10 Å². The number of aromatic nitrogens is 4. The van der Waals surface area contributed by atoms with Gasteiger partial charge in [-0.1, -0.05) is 55.9 Å². The molecular formula is C16H20ClN5S. The lowest BCUT2D eigenvalue weighted by atomic mass is 10.1. The molecule has 23 heavy (non-hydrogen) atoms. The van der Waals surface area contributed by atoms with Crippen molar-refractivity contribution in [3.05, 3.63) is 41.6 Å². The Morgan fingerprint density at radius 3 is 2.52 bits per heavy atom. The monoisotopic (exact) mass is 349 g/mol. The van der Waals surface area contributed by atoms with E-state index in [0.717, 1.165) is 27.7 Å². The van der Waals surface area contributed by atoms with Crippen LogP contribution in [0.15, 0.2) is 35.5 Å². The highest BCUT2D eigenvalue weighted by Crippen LogP contribution is 2.27. The third-order valence-corrected chi connectivity index (χ3v) is 4.02. The normalized spacial score (nSPS) is 10.8. The summed E-state index contributed by atoms with van der Waals surface area (Å²) in [5, 5.41) is 11.6. The summed E-state index contributed by atoms with van der Waals surface area (Å²) in [6, 6.07) is 10.3. The number of halogens is 1. The van der Waals surface area contributed by atoms with E-state index in [1.807, 2.05) is 24.5 Å². The van der Waals surface area contributed by atoms with E-state index in [0.29, 0.717) is 12.5 Å². The number of nitrogens with zero attached hydrogens (tertiary/aromatic N) is 3. The summed E-state index contributed by atoms with van der Waals surface area (Å²) < 4.78 is 0. The zero-order valence-electron chi connectivity index (χ0n) is 13.3. The molecule has 0 unspecified atom stereocenters. The van der Waals surface area contributed by atoms with Crippen LogP contribution in [0.1, 0.15) is 31.0 Å². The van der Waals surface area contributed by atoms with Crippen LogP contribution < -0.4 is 5.32 Å². The number of nitrogens with one attached hydrogen (secondary N) is 2. The van der Waals surface area contributed by atoms with Crippen LogP contribution in [-0.2, 0) is 6.54 Å². The molecule has 0 spiro atoms. The Morgan fingerprint density at radius 1 is 1.13 bits per heavy atom. The Bertz CT molecular complexity index is 773. The van der Waals surface area contributed by atoms with Crippen molar-refractivity contribution >= 4 is 41.0 Å². The minimum Gasteiger partial charge on any atom is -0.364 e. The topological polar surface area (TPSA) is 66.5 Å². The number of benzene rings is 1. The minimum absolute atomic E-state index is 0. The smallest absolute Gasteiger partial charge is 0.190 e. The maximum Gasteiger partial charge on any atom is 0.190 e. The molecule has 0 aliphatic carbocycles. The van der Waals surface area contributed by atoms with E-state index in [9.17, 15) is 0 Å². The molecule has 2 N–H and O–H groups in total. The Kier molecular flexibility index (Phi) is 5.85. The largest absolute Gasteiger partial charge is 0.364 e. The standard InChI is InChI=1S/C16H19N5S.ClH/c1-10(2)12-13-14(21-20-12)15(19-16(18-13)22-3)17-9-11-7-5-4-6-8-11;/h4-8,10H,9H2,1-3H3,(H,20,21)(H,17,18,19);1H. The van der Waals surface area contributed by atoms with Gasteiger partial charge in [0.2, 0.25) is 0 Å². The number of fused-ring (bicyclic) bond motifs is 1. The van der Waals surface area contributed by atoms with Gasteiger partial charge in [0.15, 0.2) is 16.5 Å². The molecule has 0 saturated heterocycles. The number of aromatic amines is 1. The van der Waals surface area contributed by atoms with Crippen LogP contribution in [0.4, 0.5) is 5.82 Å². The average molecular weight is 350 g/mol. The van der Waals surface area contributed by atoms with Crippen molar-refractivity contribution < 1.29 is 0 Å². The number of hydrogen-bond donors (Lipinski definition) is 2. The second-order valence-corrected chi connectivity index (χ2v) is 6.16. The Hall–Kier alpha value is -1.79. The number of H-pyrrole nitrogens is 1. The molecule has 2 aromatic heterocycles. The molecule has 2 heterocycles. The Labute approximate surface area is 146 Å². The lowest BCUT2D eigenvalue weighted by Gasteiger charge is -2.08. The molecule has 3 rings (SSSR count). The molecule has 0 fully saturated rings. The second kappa shape index (κ2) is 7.66. The van der Waals surface area contributed by atoms with Gasteiger partial charge in [-0.2, -0.15) is 5.10 Å². The van der Waals surface area contributed by atoms with Crippen LogP contribution in [0.5, 0.6) is 0 Å². The maximum absolute atomic E-state index is 4.61. The maximum atomic E-state index is 4.61. The molecule has 0 aliphatic heterocycles. The molecular weight excluding hydrogens is 330 g/mol. The van der Waals surface area contributed by atoms with Gasteiger partial charge in [0, 0.05) is 6.54 Å². The number of anilines is 1. The van der Waals surface area contributed by atoms with Crippen LogP contribution in [-0.4, -0.2) is 26.4 Å². The molecule has 122 valence electrons. The zero-order chi connectivity index (χ0) is 15.5. The van der Waals surface area contributed by atoms with E-state index in [1.54, 1.807) is 0 Å². The predicted molar refractivity (Wildman–Crippen MR) is 98.6 cm³/mol. The van der Waals surface area contributed by atoms with E-state index in [1.165, 1.54) is 17.3 Å². The molecule has 0 saturated carbocycles. The third kappa shape index (κ3) is 3.76. The molecule has 0 atom stereocenters. The first kappa shape index (κ1) is 17.6. The van der Waals surface area contributed by atoms with Crippen LogP contribution >= 0.6 is 24.2 Å². The molecule has 0 aliphatic rings. The molecule has 0 bridgehead atoms. The fraction of sp³-hybridized carbons (Fsp3) is 0.312. The SMILES string of the molecule is CSc1nc(NCc2ccccc2)c2n[nH]c(C(C)C)c2n1.Cl. The summed E-state index contributed by atoms with van der Waals surface area (Å²) in [5.74, 6) is 1.12. The van der Waals surface area contributed by atoms with Gasteiger partial charge < -0.3 is 5.32 Å². The van der Waals surface area contributed by atoms with Crippen molar-refractivity contribution in [1.82, 2.24) is 20.2 Å². The average Bonchev–Trinajstić information content (AvgIpc) is 2.97. The number of hydrogen-bond acceptors (Lipinski definition) is 5. The van der Waals surface area contributed by atoms with Gasteiger partial charge in [-0.15, -0.1) is 12.4 Å². The summed E-state index contributed by atoms with van der Waals surface area (Å²) in [7, 11) is 0. The molecule has 7 heteroatoms. The van der Waals surface area contributed by atoms with Crippen molar-refractivity contribution in [3.8, 4) is 0 Å². The Morgan fingerprint density at radius 2 is 1.87 bits per heavy atom.